The zero-order chi connectivity index (χ0) is 21.4. The predicted octanol–water partition coefficient (Wildman–Crippen LogP) is 2.93. The number of anilines is 1. The third kappa shape index (κ3) is 3.55. The minimum atomic E-state index is -0.275. The highest BCUT2D eigenvalue weighted by atomic mass is 16.5. The summed E-state index contributed by atoms with van der Waals surface area (Å²) >= 11 is 0. The van der Waals surface area contributed by atoms with Crippen LogP contribution in [-0.4, -0.2) is 52.9 Å². The molecule has 31 heavy (non-hydrogen) atoms. The molecule has 0 saturated carbocycles. The lowest BCUT2D eigenvalue weighted by Gasteiger charge is -2.28. The molecule has 2 aromatic heterocycles. The van der Waals surface area contributed by atoms with E-state index in [2.05, 4.69) is 32.0 Å². The second-order valence-electron chi connectivity index (χ2n) is 7.49. The summed E-state index contributed by atoms with van der Waals surface area (Å²) in [6, 6.07) is 13.8. The van der Waals surface area contributed by atoms with Gasteiger partial charge >= 0.3 is 5.69 Å². The number of aryl methyl sites for hydroxylation is 1. The van der Waals surface area contributed by atoms with Crippen LogP contribution >= 0.6 is 0 Å². The van der Waals surface area contributed by atoms with E-state index in [0.717, 1.165) is 54.6 Å². The van der Waals surface area contributed by atoms with Crippen molar-refractivity contribution in [2.24, 2.45) is 0 Å². The Morgan fingerprint density at radius 1 is 1.10 bits per heavy atom. The Bertz CT molecular complexity index is 1290. The topological polar surface area (TPSA) is 85.3 Å². The number of aromatic nitrogens is 4. The zero-order valence-electron chi connectivity index (χ0n) is 17.5. The van der Waals surface area contributed by atoms with Crippen molar-refractivity contribution in [1.82, 2.24) is 19.5 Å². The number of aromatic amines is 1. The fourth-order valence-electron chi connectivity index (χ4n) is 3.92. The molecule has 0 unspecified atom stereocenters. The van der Waals surface area contributed by atoms with Gasteiger partial charge in [0.05, 0.1) is 37.9 Å². The molecule has 1 saturated heterocycles. The highest BCUT2D eigenvalue weighted by molar-refractivity contribution is 5.73. The van der Waals surface area contributed by atoms with Gasteiger partial charge in [0.1, 0.15) is 5.75 Å². The highest BCUT2D eigenvalue weighted by Gasteiger charge is 2.15. The van der Waals surface area contributed by atoms with E-state index in [4.69, 9.17) is 9.47 Å². The van der Waals surface area contributed by atoms with E-state index < -0.39 is 0 Å². The van der Waals surface area contributed by atoms with Gasteiger partial charge in [-0.3, -0.25) is 4.98 Å². The molecule has 1 aliphatic heterocycles. The Hall–Kier alpha value is -3.65. The van der Waals surface area contributed by atoms with Crippen LogP contribution in [0.15, 0.2) is 53.5 Å². The minimum Gasteiger partial charge on any atom is -0.497 e. The number of hydrogen-bond donors (Lipinski definition) is 1. The maximum Gasteiger partial charge on any atom is 0.333 e. The Kier molecular flexibility index (Phi) is 4.91. The van der Waals surface area contributed by atoms with E-state index in [9.17, 15) is 4.79 Å². The second-order valence-corrected chi connectivity index (χ2v) is 7.49. The van der Waals surface area contributed by atoms with Crippen LogP contribution in [0.4, 0.5) is 5.69 Å². The lowest BCUT2D eigenvalue weighted by Crippen LogP contribution is -2.36. The minimum absolute atomic E-state index is 0.275. The van der Waals surface area contributed by atoms with Crippen LogP contribution in [0, 0.1) is 6.92 Å². The van der Waals surface area contributed by atoms with Gasteiger partial charge in [0.2, 0.25) is 0 Å². The zero-order valence-corrected chi connectivity index (χ0v) is 17.5. The van der Waals surface area contributed by atoms with Crippen molar-refractivity contribution in [3.05, 3.63) is 64.7 Å². The number of hydrogen-bond acceptors (Lipinski definition) is 6. The molecule has 0 amide bonds. The first-order valence-corrected chi connectivity index (χ1v) is 10.2. The first-order chi connectivity index (χ1) is 15.1. The number of morpholine rings is 1. The van der Waals surface area contributed by atoms with Crippen LogP contribution < -0.4 is 15.3 Å². The summed E-state index contributed by atoms with van der Waals surface area (Å²) in [5.41, 5.74) is 5.14. The van der Waals surface area contributed by atoms with Crippen molar-refractivity contribution in [3.63, 3.8) is 0 Å². The van der Waals surface area contributed by atoms with E-state index >= 15 is 0 Å². The summed E-state index contributed by atoms with van der Waals surface area (Å²) in [5.74, 6) is 0.739. The molecule has 8 heteroatoms. The Morgan fingerprint density at radius 3 is 2.58 bits per heavy atom. The van der Waals surface area contributed by atoms with Gasteiger partial charge in [0.15, 0.2) is 11.3 Å². The van der Waals surface area contributed by atoms with E-state index in [1.165, 1.54) is 0 Å². The summed E-state index contributed by atoms with van der Waals surface area (Å²) in [4.78, 5) is 27.1. The first kappa shape index (κ1) is 19.3. The van der Waals surface area contributed by atoms with Crippen molar-refractivity contribution in [1.29, 1.82) is 0 Å². The quantitative estimate of drug-likeness (QED) is 0.550. The summed E-state index contributed by atoms with van der Waals surface area (Å²) in [5, 5.41) is 0. The van der Waals surface area contributed by atoms with Crippen LogP contribution in [0.25, 0.3) is 28.2 Å². The molecule has 1 aliphatic rings. The second kappa shape index (κ2) is 7.88. The summed E-state index contributed by atoms with van der Waals surface area (Å²) < 4.78 is 12.2. The van der Waals surface area contributed by atoms with Gasteiger partial charge < -0.3 is 14.4 Å². The summed E-state index contributed by atoms with van der Waals surface area (Å²) in [6.45, 7) is 5.22. The molecule has 4 aromatic rings. The summed E-state index contributed by atoms with van der Waals surface area (Å²) in [6.07, 6.45) is 1.70. The molecule has 0 aliphatic carbocycles. The van der Waals surface area contributed by atoms with E-state index in [1.807, 2.05) is 37.3 Å². The standard InChI is InChI=1S/C23H23N5O3/c1-15-13-18(30-2)7-8-20(15)28-22-21(26-23(28)29)25-19(14-24-22)16-3-5-17(6-4-16)27-9-11-31-12-10-27/h3-8,13-14H,9-12H2,1-2H3,(H,25,26,29). The first-order valence-electron chi connectivity index (χ1n) is 10.2. The Balaban J connectivity index is 1.50. The number of nitrogens with zero attached hydrogens (tertiary/aromatic N) is 4. The molecular weight excluding hydrogens is 394 g/mol. The molecule has 8 nitrogen and oxygen atoms in total. The number of ether oxygens (including phenoxy) is 2. The number of benzene rings is 2. The van der Waals surface area contributed by atoms with Gasteiger partial charge in [-0.25, -0.2) is 19.3 Å². The third-order valence-electron chi connectivity index (χ3n) is 5.58. The maximum absolute atomic E-state index is 12.7. The van der Waals surface area contributed by atoms with Gasteiger partial charge in [-0.15, -0.1) is 0 Å². The molecule has 0 bridgehead atoms. The molecule has 0 atom stereocenters. The lowest BCUT2D eigenvalue weighted by molar-refractivity contribution is 0.122. The molecule has 5 rings (SSSR count). The van der Waals surface area contributed by atoms with Gasteiger partial charge in [-0.1, -0.05) is 12.1 Å². The van der Waals surface area contributed by atoms with Crippen LogP contribution in [0.1, 0.15) is 5.56 Å². The fourth-order valence-corrected chi connectivity index (χ4v) is 3.92. The van der Waals surface area contributed by atoms with Gasteiger partial charge in [-0.05, 0) is 42.8 Å². The normalized spacial score (nSPS) is 14.2. The number of fused-ring (bicyclic) bond motifs is 1. The van der Waals surface area contributed by atoms with Crippen molar-refractivity contribution >= 4 is 17.0 Å². The smallest absolute Gasteiger partial charge is 0.333 e. The molecular formula is C23H23N5O3. The summed E-state index contributed by atoms with van der Waals surface area (Å²) in [7, 11) is 1.62. The maximum atomic E-state index is 12.7. The molecule has 1 N–H and O–H groups in total. The Morgan fingerprint density at radius 2 is 1.87 bits per heavy atom. The van der Waals surface area contributed by atoms with E-state index in [-0.39, 0.29) is 5.69 Å². The largest absolute Gasteiger partial charge is 0.497 e. The average molecular weight is 417 g/mol. The molecule has 3 heterocycles. The average Bonchev–Trinajstić information content (AvgIpc) is 3.14. The van der Waals surface area contributed by atoms with Crippen molar-refractivity contribution in [2.75, 3.05) is 38.3 Å². The Labute approximate surface area is 179 Å². The molecule has 0 radical (unpaired) electrons. The van der Waals surface area contributed by atoms with Crippen molar-refractivity contribution in [3.8, 4) is 22.7 Å². The lowest BCUT2D eigenvalue weighted by atomic mass is 10.1. The van der Waals surface area contributed by atoms with Crippen LogP contribution in [0.2, 0.25) is 0 Å². The number of nitrogens with one attached hydrogen (secondary N) is 1. The monoisotopic (exact) mass is 417 g/mol. The number of imidazole rings is 1. The van der Waals surface area contributed by atoms with E-state index in [1.54, 1.807) is 17.9 Å². The molecule has 2 aromatic carbocycles. The van der Waals surface area contributed by atoms with Gasteiger partial charge in [-0.2, -0.15) is 0 Å². The van der Waals surface area contributed by atoms with Crippen LogP contribution in [0.5, 0.6) is 5.75 Å². The molecule has 158 valence electrons. The SMILES string of the molecule is COc1ccc(-n2c(=O)[nH]c3nc(-c4ccc(N5CCOCC5)cc4)cnc32)c(C)c1. The van der Waals surface area contributed by atoms with Crippen LogP contribution in [0.3, 0.4) is 0 Å². The van der Waals surface area contributed by atoms with E-state index in [0.29, 0.717) is 17.0 Å². The third-order valence-corrected chi connectivity index (χ3v) is 5.58. The van der Waals surface area contributed by atoms with Gasteiger partial charge in [0, 0.05) is 24.3 Å². The molecule has 0 spiro atoms. The highest BCUT2D eigenvalue weighted by Crippen LogP contribution is 2.25. The van der Waals surface area contributed by atoms with Gasteiger partial charge in [0.25, 0.3) is 0 Å². The number of rotatable bonds is 4. The predicted molar refractivity (Wildman–Crippen MR) is 119 cm³/mol. The number of methoxy groups -OCH3 is 1. The molecule has 1 fully saturated rings. The van der Waals surface area contributed by atoms with Crippen molar-refractivity contribution in [2.45, 2.75) is 6.92 Å². The fraction of sp³-hybridized carbons (Fsp3) is 0.261. The van der Waals surface area contributed by atoms with Crippen molar-refractivity contribution < 1.29 is 9.47 Å². The number of H-pyrrole nitrogens is 1. The van der Waals surface area contributed by atoms with Crippen LogP contribution in [-0.2, 0) is 4.74 Å².